The zero-order valence-corrected chi connectivity index (χ0v) is 7.95. The van der Waals surface area contributed by atoms with Crippen molar-refractivity contribution in [3.63, 3.8) is 0 Å². The molecule has 1 aliphatic heterocycles. The second-order valence-electron chi connectivity index (χ2n) is 2.82. The maximum atomic E-state index is 5.59. The average molecular weight is 180 g/mol. The van der Waals surface area contributed by atoms with Gasteiger partial charge in [0.2, 0.25) is 0 Å². The van der Waals surface area contributed by atoms with Crippen LogP contribution in [0.15, 0.2) is 0 Å². The quantitative estimate of drug-likeness (QED) is 0.711. The van der Waals surface area contributed by atoms with Gasteiger partial charge >= 0.3 is 0 Å². The second kappa shape index (κ2) is 6.89. The normalized spacial score (nSPS) is 19.4. The Morgan fingerprint density at radius 1 is 1.36 bits per heavy atom. The maximum absolute atomic E-state index is 5.59. The molecule has 68 valence electrons. The Hall–Kier alpha value is 0.210. The predicted molar refractivity (Wildman–Crippen MR) is 49.4 cm³/mol. The Bertz CT molecular complexity index is 84.2. The van der Waals surface area contributed by atoms with Crippen molar-refractivity contribution in [2.24, 2.45) is 0 Å². The molecule has 1 aliphatic rings. The van der Waals surface area contributed by atoms with Gasteiger partial charge in [-0.25, -0.2) is 0 Å². The number of hydrogen-bond donors (Lipinski definition) is 1. The SMILES string of the molecule is CCCOC1CCNCC1.Cl. The average Bonchev–Trinajstić information content (AvgIpc) is 2.03. The van der Waals surface area contributed by atoms with Crippen LogP contribution in [0.4, 0.5) is 0 Å². The highest BCUT2D eigenvalue weighted by molar-refractivity contribution is 5.85. The Morgan fingerprint density at radius 3 is 2.55 bits per heavy atom. The van der Waals surface area contributed by atoms with E-state index in [1.807, 2.05) is 0 Å². The maximum Gasteiger partial charge on any atom is 0.0599 e. The number of hydrogen-bond acceptors (Lipinski definition) is 2. The fraction of sp³-hybridized carbons (Fsp3) is 1.00. The topological polar surface area (TPSA) is 21.3 Å². The molecule has 2 nitrogen and oxygen atoms in total. The summed E-state index contributed by atoms with van der Waals surface area (Å²) in [6.07, 6.45) is 4.07. The molecule has 1 saturated heterocycles. The van der Waals surface area contributed by atoms with Crippen LogP contribution >= 0.6 is 12.4 Å². The molecule has 0 aromatic carbocycles. The summed E-state index contributed by atoms with van der Waals surface area (Å²) in [6.45, 7) is 5.36. The van der Waals surface area contributed by atoms with Gasteiger partial charge in [0, 0.05) is 6.61 Å². The summed E-state index contributed by atoms with van der Waals surface area (Å²) >= 11 is 0. The first-order chi connectivity index (χ1) is 4.93. The lowest BCUT2D eigenvalue weighted by atomic mass is 10.1. The molecule has 0 aromatic heterocycles. The lowest BCUT2D eigenvalue weighted by Gasteiger charge is -2.22. The summed E-state index contributed by atoms with van der Waals surface area (Å²) in [5.74, 6) is 0. The minimum Gasteiger partial charge on any atom is -0.378 e. The molecule has 0 bridgehead atoms. The van der Waals surface area contributed by atoms with Crippen LogP contribution in [0.25, 0.3) is 0 Å². The van der Waals surface area contributed by atoms with Crippen molar-refractivity contribution in [1.82, 2.24) is 5.32 Å². The smallest absolute Gasteiger partial charge is 0.0599 e. The first kappa shape index (κ1) is 11.2. The van der Waals surface area contributed by atoms with Gasteiger partial charge < -0.3 is 10.1 Å². The van der Waals surface area contributed by atoms with Gasteiger partial charge in [0.1, 0.15) is 0 Å². The van der Waals surface area contributed by atoms with Gasteiger partial charge in [-0.15, -0.1) is 12.4 Å². The zero-order chi connectivity index (χ0) is 7.23. The second-order valence-corrected chi connectivity index (χ2v) is 2.82. The van der Waals surface area contributed by atoms with E-state index >= 15 is 0 Å². The number of nitrogens with one attached hydrogen (secondary N) is 1. The minimum absolute atomic E-state index is 0. The molecule has 1 rings (SSSR count). The zero-order valence-electron chi connectivity index (χ0n) is 7.14. The van der Waals surface area contributed by atoms with Crippen molar-refractivity contribution >= 4 is 12.4 Å². The van der Waals surface area contributed by atoms with Crippen molar-refractivity contribution in [3.8, 4) is 0 Å². The molecule has 1 heterocycles. The predicted octanol–water partition coefficient (Wildman–Crippen LogP) is 1.59. The molecule has 0 saturated carbocycles. The molecular formula is C8H18ClNO. The monoisotopic (exact) mass is 179 g/mol. The van der Waals surface area contributed by atoms with Gasteiger partial charge in [-0.2, -0.15) is 0 Å². The Morgan fingerprint density at radius 2 is 2.00 bits per heavy atom. The number of rotatable bonds is 3. The van der Waals surface area contributed by atoms with Gasteiger partial charge in [-0.3, -0.25) is 0 Å². The third-order valence-corrected chi connectivity index (χ3v) is 1.84. The standard InChI is InChI=1S/C8H17NO.ClH/c1-2-7-10-8-3-5-9-6-4-8;/h8-9H,2-7H2,1H3;1H. The van der Waals surface area contributed by atoms with Crippen LogP contribution in [0.5, 0.6) is 0 Å². The van der Waals surface area contributed by atoms with E-state index in [1.165, 1.54) is 12.8 Å². The van der Waals surface area contributed by atoms with E-state index in [2.05, 4.69) is 12.2 Å². The van der Waals surface area contributed by atoms with E-state index in [0.29, 0.717) is 6.10 Å². The molecule has 0 atom stereocenters. The summed E-state index contributed by atoms with van der Waals surface area (Å²) < 4.78 is 5.59. The minimum atomic E-state index is 0. The first-order valence-electron chi connectivity index (χ1n) is 4.26. The molecule has 0 aromatic rings. The third-order valence-electron chi connectivity index (χ3n) is 1.84. The van der Waals surface area contributed by atoms with Crippen molar-refractivity contribution in [1.29, 1.82) is 0 Å². The van der Waals surface area contributed by atoms with Gasteiger partial charge in [0.15, 0.2) is 0 Å². The molecular weight excluding hydrogens is 162 g/mol. The van der Waals surface area contributed by atoms with Crippen molar-refractivity contribution < 1.29 is 4.74 Å². The highest BCUT2D eigenvalue weighted by Crippen LogP contribution is 2.06. The van der Waals surface area contributed by atoms with Crippen LogP contribution in [0.3, 0.4) is 0 Å². The first-order valence-corrected chi connectivity index (χ1v) is 4.26. The summed E-state index contributed by atoms with van der Waals surface area (Å²) in [5, 5.41) is 3.31. The highest BCUT2D eigenvalue weighted by Gasteiger charge is 2.11. The molecule has 0 unspecified atom stereocenters. The van der Waals surface area contributed by atoms with Crippen LogP contribution in [-0.4, -0.2) is 25.8 Å². The molecule has 3 heteroatoms. The van der Waals surface area contributed by atoms with E-state index in [9.17, 15) is 0 Å². The molecule has 1 N–H and O–H groups in total. The van der Waals surface area contributed by atoms with Gasteiger partial charge in [0.25, 0.3) is 0 Å². The number of ether oxygens (including phenoxy) is 1. The fourth-order valence-electron chi connectivity index (χ4n) is 1.25. The van der Waals surface area contributed by atoms with E-state index in [1.54, 1.807) is 0 Å². The summed E-state index contributed by atoms with van der Waals surface area (Å²) in [7, 11) is 0. The number of halogens is 1. The Kier molecular flexibility index (Phi) is 7.02. The van der Waals surface area contributed by atoms with Gasteiger partial charge in [-0.05, 0) is 32.4 Å². The van der Waals surface area contributed by atoms with E-state index in [0.717, 1.165) is 26.1 Å². The van der Waals surface area contributed by atoms with E-state index < -0.39 is 0 Å². The van der Waals surface area contributed by atoms with Crippen LogP contribution < -0.4 is 5.32 Å². The molecule has 0 amide bonds. The Balaban J connectivity index is 0.000001000. The van der Waals surface area contributed by atoms with Gasteiger partial charge in [0.05, 0.1) is 6.10 Å². The Labute approximate surface area is 75.1 Å². The van der Waals surface area contributed by atoms with E-state index in [4.69, 9.17) is 4.74 Å². The van der Waals surface area contributed by atoms with Crippen LogP contribution in [0, 0.1) is 0 Å². The van der Waals surface area contributed by atoms with Crippen LogP contribution in [-0.2, 0) is 4.74 Å². The molecule has 0 radical (unpaired) electrons. The largest absolute Gasteiger partial charge is 0.378 e. The highest BCUT2D eigenvalue weighted by atomic mass is 35.5. The van der Waals surface area contributed by atoms with Gasteiger partial charge in [-0.1, -0.05) is 6.92 Å². The fourth-order valence-corrected chi connectivity index (χ4v) is 1.25. The lowest BCUT2D eigenvalue weighted by Crippen LogP contribution is -2.32. The summed E-state index contributed by atoms with van der Waals surface area (Å²) in [6, 6.07) is 0. The van der Waals surface area contributed by atoms with Crippen molar-refractivity contribution in [2.75, 3.05) is 19.7 Å². The number of piperidine rings is 1. The van der Waals surface area contributed by atoms with Crippen molar-refractivity contribution in [2.45, 2.75) is 32.3 Å². The van der Waals surface area contributed by atoms with E-state index in [-0.39, 0.29) is 12.4 Å². The molecule has 0 aliphatic carbocycles. The summed E-state index contributed by atoms with van der Waals surface area (Å²) in [5.41, 5.74) is 0. The summed E-state index contributed by atoms with van der Waals surface area (Å²) in [4.78, 5) is 0. The third kappa shape index (κ3) is 4.62. The van der Waals surface area contributed by atoms with Crippen molar-refractivity contribution in [3.05, 3.63) is 0 Å². The van der Waals surface area contributed by atoms with Crippen LogP contribution in [0.1, 0.15) is 26.2 Å². The molecule has 0 spiro atoms. The molecule has 11 heavy (non-hydrogen) atoms. The lowest BCUT2D eigenvalue weighted by molar-refractivity contribution is 0.0334. The van der Waals surface area contributed by atoms with Crippen LogP contribution in [0.2, 0.25) is 0 Å². The molecule has 1 fully saturated rings.